The Bertz CT molecular complexity index is 424. The fourth-order valence-corrected chi connectivity index (χ4v) is 1.86. The summed E-state index contributed by atoms with van der Waals surface area (Å²) in [4.78, 5) is 0. The van der Waals surface area contributed by atoms with Crippen molar-refractivity contribution in [2.75, 3.05) is 11.9 Å². The number of benzene rings is 1. The number of aliphatic hydroxyl groups is 1. The Hall–Kier alpha value is -1.24. The second-order valence-corrected chi connectivity index (χ2v) is 4.81. The molecular formula is C13H17ClN2O. The van der Waals surface area contributed by atoms with Gasteiger partial charge < -0.3 is 10.4 Å². The summed E-state index contributed by atoms with van der Waals surface area (Å²) in [7, 11) is 0. The van der Waals surface area contributed by atoms with Crippen LogP contribution in [0.5, 0.6) is 0 Å². The van der Waals surface area contributed by atoms with E-state index in [9.17, 15) is 5.11 Å². The van der Waals surface area contributed by atoms with Crippen molar-refractivity contribution in [2.45, 2.75) is 32.3 Å². The minimum Gasteiger partial charge on any atom is -0.388 e. The van der Waals surface area contributed by atoms with E-state index in [1.807, 2.05) is 13.0 Å². The van der Waals surface area contributed by atoms with Crippen molar-refractivity contribution in [3.63, 3.8) is 0 Å². The molecular weight excluding hydrogens is 236 g/mol. The smallest absolute Gasteiger partial charge is 0.101 e. The van der Waals surface area contributed by atoms with E-state index < -0.39 is 5.60 Å². The summed E-state index contributed by atoms with van der Waals surface area (Å²) in [6.45, 7) is 4.30. The van der Waals surface area contributed by atoms with Crippen LogP contribution in [0.15, 0.2) is 18.2 Å². The van der Waals surface area contributed by atoms with E-state index in [-0.39, 0.29) is 0 Å². The lowest BCUT2D eigenvalue weighted by Crippen LogP contribution is -2.33. The zero-order valence-electron chi connectivity index (χ0n) is 10.1. The molecule has 4 heteroatoms. The van der Waals surface area contributed by atoms with Gasteiger partial charge in [0.15, 0.2) is 0 Å². The van der Waals surface area contributed by atoms with Gasteiger partial charge >= 0.3 is 0 Å². The number of anilines is 1. The van der Waals surface area contributed by atoms with Crippen LogP contribution in [-0.4, -0.2) is 17.3 Å². The monoisotopic (exact) mass is 252 g/mol. The van der Waals surface area contributed by atoms with Crippen LogP contribution in [-0.2, 0) is 0 Å². The molecule has 1 aromatic rings. The Morgan fingerprint density at radius 3 is 2.76 bits per heavy atom. The summed E-state index contributed by atoms with van der Waals surface area (Å²) in [6.07, 6.45) is 1.67. The number of rotatable bonds is 5. The molecule has 0 fully saturated rings. The predicted octanol–water partition coefficient (Wildman–Crippen LogP) is 3.17. The van der Waals surface area contributed by atoms with Gasteiger partial charge in [-0.15, -0.1) is 0 Å². The Morgan fingerprint density at radius 1 is 1.53 bits per heavy atom. The molecule has 3 nitrogen and oxygen atoms in total. The summed E-state index contributed by atoms with van der Waals surface area (Å²) in [5.41, 5.74) is 0.540. The molecule has 0 aliphatic rings. The highest BCUT2D eigenvalue weighted by atomic mass is 35.5. The summed E-state index contributed by atoms with van der Waals surface area (Å²) >= 11 is 5.92. The second kappa shape index (κ2) is 5.90. The van der Waals surface area contributed by atoms with Crippen LogP contribution in [0.2, 0.25) is 5.02 Å². The van der Waals surface area contributed by atoms with Gasteiger partial charge in [-0.2, -0.15) is 5.26 Å². The lowest BCUT2D eigenvalue weighted by Gasteiger charge is -2.23. The highest BCUT2D eigenvalue weighted by molar-refractivity contribution is 6.32. The highest BCUT2D eigenvalue weighted by Crippen LogP contribution is 2.21. The molecule has 0 aliphatic carbocycles. The van der Waals surface area contributed by atoms with Crippen molar-refractivity contribution < 1.29 is 5.11 Å². The average Bonchev–Trinajstić information content (AvgIpc) is 2.27. The maximum atomic E-state index is 10.00. The molecule has 17 heavy (non-hydrogen) atoms. The molecule has 0 heterocycles. The third-order valence-electron chi connectivity index (χ3n) is 2.55. The predicted molar refractivity (Wildman–Crippen MR) is 70.2 cm³/mol. The Kier molecular flexibility index (Phi) is 4.80. The van der Waals surface area contributed by atoms with Crippen LogP contribution in [0.1, 0.15) is 32.3 Å². The van der Waals surface area contributed by atoms with Crippen LogP contribution in [0, 0.1) is 11.3 Å². The maximum Gasteiger partial charge on any atom is 0.101 e. The Morgan fingerprint density at radius 2 is 2.24 bits per heavy atom. The lowest BCUT2D eigenvalue weighted by atomic mass is 10.0. The van der Waals surface area contributed by atoms with Gasteiger partial charge in [0.25, 0.3) is 0 Å². The molecule has 1 aromatic carbocycles. The SMILES string of the molecule is CCCC(C)(O)CNc1ccc(C#N)c(Cl)c1. The molecule has 0 saturated heterocycles. The molecule has 0 spiro atoms. The maximum absolute atomic E-state index is 10.00. The topological polar surface area (TPSA) is 56.0 Å². The molecule has 1 unspecified atom stereocenters. The number of nitriles is 1. The van der Waals surface area contributed by atoms with Gasteiger partial charge in [-0.1, -0.05) is 24.9 Å². The summed E-state index contributed by atoms with van der Waals surface area (Å²) in [5, 5.41) is 22.3. The molecule has 92 valence electrons. The van der Waals surface area contributed by atoms with Crippen molar-refractivity contribution in [3.8, 4) is 6.07 Å². The van der Waals surface area contributed by atoms with Crippen molar-refractivity contribution in [1.29, 1.82) is 5.26 Å². The zero-order chi connectivity index (χ0) is 12.9. The van der Waals surface area contributed by atoms with Crippen molar-refractivity contribution in [2.24, 2.45) is 0 Å². The summed E-state index contributed by atoms with van der Waals surface area (Å²) in [6, 6.07) is 7.15. The van der Waals surface area contributed by atoms with E-state index in [2.05, 4.69) is 5.32 Å². The molecule has 1 rings (SSSR count). The quantitative estimate of drug-likeness (QED) is 0.846. The van der Waals surface area contributed by atoms with Gasteiger partial charge in [0.2, 0.25) is 0 Å². The normalized spacial score (nSPS) is 13.8. The lowest BCUT2D eigenvalue weighted by molar-refractivity contribution is 0.0637. The Labute approximate surface area is 107 Å². The number of hydrogen-bond donors (Lipinski definition) is 2. The summed E-state index contributed by atoms with van der Waals surface area (Å²) < 4.78 is 0. The van der Waals surface area contributed by atoms with E-state index in [0.717, 1.165) is 18.5 Å². The molecule has 1 atom stereocenters. The largest absolute Gasteiger partial charge is 0.388 e. The van der Waals surface area contributed by atoms with Gasteiger partial charge in [-0.25, -0.2) is 0 Å². The van der Waals surface area contributed by atoms with Crippen molar-refractivity contribution >= 4 is 17.3 Å². The van der Waals surface area contributed by atoms with E-state index in [0.29, 0.717) is 17.1 Å². The van der Waals surface area contributed by atoms with Crippen LogP contribution in [0.25, 0.3) is 0 Å². The molecule has 0 aromatic heterocycles. The highest BCUT2D eigenvalue weighted by Gasteiger charge is 2.18. The molecule has 0 bridgehead atoms. The average molecular weight is 253 g/mol. The van der Waals surface area contributed by atoms with E-state index in [1.54, 1.807) is 25.1 Å². The van der Waals surface area contributed by atoms with Crippen molar-refractivity contribution in [3.05, 3.63) is 28.8 Å². The van der Waals surface area contributed by atoms with E-state index >= 15 is 0 Å². The fourth-order valence-electron chi connectivity index (χ4n) is 1.64. The van der Waals surface area contributed by atoms with Crippen LogP contribution >= 0.6 is 11.6 Å². The zero-order valence-corrected chi connectivity index (χ0v) is 10.9. The van der Waals surface area contributed by atoms with Crippen LogP contribution < -0.4 is 5.32 Å². The standard InChI is InChI=1S/C13H17ClN2O/c1-3-6-13(2,17)9-16-11-5-4-10(8-15)12(14)7-11/h4-5,7,16-17H,3,6,9H2,1-2H3. The first-order chi connectivity index (χ1) is 7.98. The third kappa shape index (κ3) is 4.26. The second-order valence-electron chi connectivity index (χ2n) is 4.41. The number of nitrogens with one attached hydrogen (secondary N) is 1. The minimum absolute atomic E-state index is 0.424. The Balaban J connectivity index is 2.65. The van der Waals surface area contributed by atoms with Crippen LogP contribution in [0.3, 0.4) is 0 Å². The minimum atomic E-state index is -0.727. The van der Waals surface area contributed by atoms with Gasteiger partial charge in [-0.05, 0) is 31.5 Å². The number of nitrogens with zero attached hydrogens (tertiary/aromatic N) is 1. The number of hydrogen-bond acceptors (Lipinski definition) is 3. The number of halogens is 1. The molecule has 0 radical (unpaired) electrons. The van der Waals surface area contributed by atoms with Gasteiger partial charge in [-0.3, -0.25) is 0 Å². The first-order valence-corrected chi connectivity index (χ1v) is 6.02. The van der Waals surface area contributed by atoms with Gasteiger partial charge in [0, 0.05) is 12.2 Å². The molecule has 0 aliphatic heterocycles. The first-order valence-electron chi connectivity index (χ1n) is 5.64. The van der Waals surface area contributed by atoms with Crippen LogP contribution in [0.4, 0.5) is 5.69 Å². The van der Waals surface area contributed by atoms with E-state index in [1.165, 1.54) is 0 Å². The van der Waals surface area contributed by atoms with Crippen molar-refractivity contribution in [1.82, 2.24) is 0 Å². The van der Waals surface area contributed by atoms with Gasteiger partial charge in [0.05, 0.1) is 16.2 Å². The third-order valence-corrected chi connectivity index (χ3v) is 2.86. The summed E-state index contributed by atoms with van der Waals surface area (Å²) in [5.74, 6) is 0. The van der Waals surface area contributed by atoms with E-state index in [4.69, 9.17) is 16.9 Å². The first kappa shape index (κ1) is 13.8. The molecule has 0 amide bonds. The molecule has 2 N–H and O–H groups in total. The van der Waals surface area contributed by atoms with Gasteiger partial charge in [0.1, 0.15) is 6.07 Å². The fraction of sp³-hybridized carbons (Fsp3) is 0.462. The molecule has 0 saturated carbocycles.